The number of nitrogens with one attached hydrogen (secondary N) is 2. The summed E-state index contributed by atoms with van der Waals surface area (Å²) in [6, 6.07) is 18.1. The molecule has 132 valence electrons. The number of carbonyl (C=O) groups excluding carboxylic acids is 2. The lowest BCUT2D eigenvalue weighted by molar-refractivity contribution is -0.116. The van der Waals surface area contributed by atoms with E-state index in [9.17, 15) is 9.59 Å². The van der Waals surface area contributed by atoms with Crippen LogP contribution in [0, 0.1) is 0 Å². The number of alkyl carbamates (subject to hydrolysis) is 1. The highest BCUT2D eigenvalue weighted by Crippen LogP contribution is 2.19. The van der Waals surface area contributed by atoms with Gasteiger partial charge in [-0.15, -0.1) is 0 Å². The fourth-order valence-electron chi connectivity index (χ4n) is 2.31. The van der Waals surface area contributed by atoms with Gasteiger partial charge in [-0.2, -0.15) is 0 Å². The second-order valence-electron chi connectivity index (χ2n) is 6.73. The maximum absolute atomic E-state index is 12.4. The number of carbonyl (C=O) groups is 2. The molecule has 2 aromatic rings. The van der Waals surface area contributed by atoms with Crippen molar-refractivity contribution in [2.45, 2.75) is 38.8 Å². The molecule has 5 nitrogen and oxygen atoms in total. The third-order valence-electron chi connectivity index (χ3n) is 3.34. The zero-order chi connectivity index (χ0) is 18.3. The van der Waals surface area contributed by atoms with Crippen LogP contribution in [0.4, 0.5) is 10.5 Å². The van der Waals surface area contributed by atoms with E-state index in [-0.39, 0.29) is 12.3 Å². The molecule has 2 aromatic carbocycles. The Hall–Kier alpha value is -2.82. The summed E-state index contributed by atoms with van der Waals surface area (Å²) in [7, 11) is 0. The Morgan fingerprint density at radius 2 is 1.52 bits per heavy atom. The highest BCUT2D eigenvalue weighted by Gasteiger charge is 2.22. The lowest BCUT2D eigenvalue weighted by Gasteiger charge is -2.23. The van der Waals surface area contributed by atoms with Gasteiger partial charge < -0.3 is 15.4 Å². The van der Waals surface area contributed by atoms with Crippen LogP contribution < -0.4 is 10.6 Å². The van der Waals surface area contributed by atoms with Gasteiger partial charge in [0, 0.05) is 5.69 Å². The molecule has 25 heavy (non-hydrogen) atoms. The first-order valence-corrected chi connectivity index (χ1v) is 8.23. The molecule has 5 heteroatoms. The Labute approximate surface area is 148 Å². The Kier molecular flexibility index (Phi) is 6.17. The molecule has 0 heterocycles. The second kappa shape index (κ2) is 8.33. The first-order valence-electron chi connectivity index (χ1n) is 8.23. The van der Waals surface area contributed by atoms with Crippen molar-refractivity contribution in [1.29, 1.82) is 0 Å². The van der Waals surface area contributed by atoms with E-state index in [4.69, 9.17) is 4.74 Å². The molecule has 0 saturated carbocycles. The molecule has 0 spiro atoms. The number of rotatable bonds is 5. The number of benzene rings is 2. The lowest BCUT2D eigenvalue weighted by Crippen LogP contribution is -2.36. The predicted octanol–water partition coefficient (Wildman–Crippen LogP) is 4.28. The van der Waals surface area contributed by atoms with E-state index in [1.807, 2.05) is 60.7 Å². The molecule has 0 aliphatic heterocycles. The van der Waals surface area contributed by atoms with Crippen LogP contribution in [0.25, 0.3) is 0 Å². The van der Waals surface area contributed by atoms with Gasteiger partial charge in [-0.25, -0.2) is 4.79 Å². The van der Waals surface area contributed by atoms with Crippen molar-refractivity contribution in [2.24, 2.45) is 0 Å². The minimum atomic E-state index is -0.600. The molecule has 2 rings (SSSR count). The first kappa shape index (κ1) is 18.5. The van der Waals surface area contributed by atoms with Gasteiger partial charge in [0.1, 0.15) is 5.60 Å². The molecule has 0 bridgehead atoms. The molecule has 2 N–H and O–H groups in total. The first-order chi connectivity index (χ1) is 11.8. The average molecular weight is 340 g/mol. The molecular formula is C20H24N2O3. The van der Waals surface area contributed by atoms with Gasteiger partial charge in [0.15, 0.2) is 0 Å². The van der Waals surface area contributed by atoms with Crippen molar-refractivity contribution < 1.29 is 14.3 Å². The molecule has 0 aliphatic carbocycles. The largest absolute Gasteiger partial charge is 0.444 e. The Balaban J connectivity index is 2.07. The summed E-state index contributed by atoms with van der Waals surface area (Å²) < 4.78 is 5.31. The summed E-state index contributed by atoms with van der Waals surface area (Å²) >= 11 is 0. The van der Waals surface area contributed by atoms with E-state index in [1.165, 1.54) is 0 Å². The quantitative estimate of drug-likeness (QED) is 0.853. The van der Waals surface area contributed by atoms with Gasteiger partial charge in [0.2, 0.25) is 5.91 Å². The zero-order valence-corrected chi connectivity index (χ0v) is 14.8. The van der Waals surface area contributed by atoms with Gasteiger partial charge in [0.05, 0.1) is 12.5 Å². The third kappa shape index (κ3) is 6.67. The summed E-state index contributed by atoms with van der Waals surface area (Å²) in [5, 5.41) is 5.62. The minimum Gasteiger partial charge on any atom is -0.444 e. The number of hydrogen-bond acceptors (Lipinski definition) is 3. The second-order valence-corrected chi connectivity index (χ2v) is 6.73. The molecule has 1 atom stereocenters. The van der Waals surface area contributed by atoms with Crippen LogP contribution in [0.5, 0.6) is 0 Å². The smallest absolute Gasteiger partial charge is 0.408 e. The number of anilines is 1. The van der Waals surface area contributed by atoms with E-state index in [0.29, 0.717) is 0 Å². The zero-order valence-electron chi connectivity index (χ0n) is 14.8. The van der Waals surface area contributed by atoms with Gasteiger partial charge in [-0.05, 0) is 38.5 Å². The number of hydrogen-bond donors (Lipinski definition) is 2. The fraction of sp³-hybridized carbons (Fsp3) is 0.300. The molecule has 0 aliphatic rings. The maximum atomic E-state index is 12.4. The van der Waals surface area contributed by atoms with Crippen LogP contribution in [0.1, 0.15) is 38.8 Å². The Morgan fingerprint density at radius 1 is 0.960 bits per heavy atom. The van der Waals surface area contributed by atoms with Gasteiger partial charge in [-0.3, -0.25) is 4.79 Å². The van der Waals surface area contributed by atoms with Crippen LogP contribution in [-0.2, 0) is 9.53 Å². The maximum Gasteiger partial charge on any atom is 0.408 e. The highest BCUT2D eigenvalue weighted by atomic mass is 16.6. The van der Waals surface area contributed by atoms with Crippen LogP contribution in [0.2, 0.25) is 0 Å². The van der Waals surface area contributed by atoms with Crippen LogP contribution in [-0.4, -0.2) is 17.6 Å². The van der Waals surface area contributed by atoms with Crippen molar-refractivity contribution in [3.05, 3.63) is 66.2 Å². The van der Waals surface area contributed by atoms with Crippen molar-refractivity contribution >= 4 is 17.7 Å². The van der Waals surface area contributed by atoms with Gasteiger partial charge in [0.25, 0.3) is 0 Å². The van der Waals surface area contributed by atoms with E-state index in [2.05, 4.69) is 10.6 Å². The standard InChI is InChI=1S/C20H24N2O3/c1-20(2,3)25-19(24)22-17(15-10-6-4-7-11-15)14-18(23)21-16-12-8-5-9-13-16/h4-13,17H,14H2,1-3H3,(H,21,23)(H,22,24)/t17-/m0/s1. The van der Waals surface area contributed by atoms with E-state index in [1.54, 1.807) is 20.8 Å². The van der Waals surface area contributed by atoms with Crippen LogP contribution in [0.3, 0.4) is 0 Å². The minimum absolute atomic E-state index is 0.109. The van der Waals surface area contributed by atoms with E-state index >= 15 is 0 Å². The Morgan fingerprint density at radius 3 is 2.08 bits per heavy atom. The Bertz CT molecular complexity index is 694. The normalized spacial score (nSPS) is 12.1. The molecule has 2 amide bonds. The van der Waals surface area contributed by atoms with Crippen molar-refractivity contribution in [3.63, 3.8) is 0 Å². The molecular weight excluding hydrogens is 316 g/mol. The van der Waals surface area contributed by atoms with Crippen molar-refractivity contribution in [2.75, 3.05) is 5.32 Å². The molecule has 0 radical (unpaired) electrons. The highest BCUT2D eigenvalue weighted by molar-refractivity contribution is 5.91. The summed E-state index contributed by atoms with van der Waals surface area (Å²) in [5.41, 5.74) is 0.964. The lowest BCUT2D eigenvalue weighted by atomic mass is 10.0. The molecule has 0 aromatic heterocycles. The van der Waals surface area contributed by atoms with E-state index in [0.717, 1.165) is 11.3 Å². The van der Waals surface area contributed by atoms with Crippen molar-refractivity contribution in [1.82, 2.24) is 5.32 Å². The predicted molar refractivity (Wildman–Crippen MR) is 98.2 cm³/mol. The monoisotopic (exact) mass is 340 g/mol. The van der Waals surface area contributed by atoms with Crippen molar-refractivity contribution in [3.8, 4) is 0 Å². The molecule has 0 fully saturated rings. The molecule has 0 saturated heterocycles. The van der Waals surface area contributed by atoms with Gasteiger partial charge in [-0.1, -0.05) is 48.5 Å². The summed E-state index contributed by atoms with van der Waals surface area (Å²) in [6.45, 7) is 5.39. The SMILES string of the molecule is CC(C)(C)OC(=O)N[C@@H](CC(=O)Nc1ccccc1)c1ccccc1. The topological polar surface area (TPSA) is 67.4 Å². The molecule has 0 unspecified atom stereocenters. The summed E-state index contributed by atoms with van der Waals surface area (Å²) in [6.07, 6.45) is -0.438. The number of ether oxygens (including phenoxy) is 1. The van der Waals surface area contributed by atoms with E-state index < -0.39 is 17.7 Å². The summed E-state index contributed by atoms with van der Waals surface area (Å²) in [5.74, 6) is -0.184. The van der Waals surface area contributed by atoms with Crippen LogP contribution >= 0.6 is 0 Å². The average Bonchev–Trinajstić information content (AvgIpc) is 2.54. The van der Waals surface area contributed by atoms with Crippen LogP contribution in [0.15, 0.2) is 60.7 Å². The number of para-hydroxylation sites is 1. The number of amides is 2. The summed E-state index contributed by atoms with van der Waals surface area (Å²) in [4.78, 5) is 24.5. The fourth-order valence-corrected chi connectivity index (χ4v) is 2.31. The third-order valence-corrected chi connectivity index (χ3v) is 3.34. The van der Waals surface area contributed by atoms with Gasteiger partial charge >= 0.3 is 6.09 Å².